The van der Waals surface area contributed by atoms with Crippen LogP contribution in [0.2, 0.25) is 0 Å². The topological polar surface area (TPSA) is 591 Å². The zero-order valence-corrected chi connectivity index (χ0v) is 68.5. The maximum absolute atomic E-state index is 15.0. The van der Waals surface area contributed by atoms with Gasteiger partial charge in [-0.2, -0.15) is 15.0 Å². The van der Waals surface area contributed by atoms with Crippen LogP contribution >= 0.6 is 55.1 Å². The van der Waals surface area contributed by atoms with Gasteiger partial charge in [0.15, 0.2) is 23.6 Å². The highest BCUT2D eigenvalue weighted by molar-refractivity contribution is 9.10. The van der Waals surface area contributed by atoms with Crippen molar-refractivity contribution in [1.29, 1.82) is 0 Å². The number of fused-ring (bicyclic) bond motifs is 1. The Morgan fingerprint density at radius 2 is 1.13 bits per heavy atom. The molecule has 6 aromatic rings. The summed E-state index contributed by atoms with van der Waals surface area (Å²) in [4.78, 5) is 138. The zero-order chi connectivity index (χ0) is 80.9. The summed E-state index contributed by atoms with van der Waals surface area (Å²) in [5.41, 5.74) is 17.5. The van der Waals surface area contributed by atoms with Crippen LogP contribution in [0.15, 0.2) is 81.3 Å². The molecule has 5 aliphatic heterocycles. The second kappa shape index (κ2) is 37.7. The average Bonchev–Trinajstić information content (AvgIpc) is 1.62. The Balaban J connectivity index is 0.835. The standard InChI is InChI=1S/C58H83BrN16O29P4S4/c1-27(2)29-16-40(71-9-6-38(61)65-55(71)80)96-34(29)22-95-108(112,91-15-14-90-13-12-89-11-8-60)102-32-18-41(73-19-28(3)49(77)69-57(73)82)97-36(32)24-92-105(84,109)101-31-17-42(75-26-64-43-48(75)67-54(63)68-51(43)79)98-35(31)23-93-106(85,110)104-45-37(100-52(47(45)88-5)72-10-7-39(62)66-56(72)81)25-94-107(86,111)103-44-33(21-76)99-53(46(44)87-4)74-20-30(59)50(78)70-58(74)83/h6-7,9-10,19-20,26-27,29,31-37,40-42,44-47,52-53,76H,8,11-18,21-25,60H2,1-5H3,(H,84,109)(H,85,110)(H,86,111)(H2,61,65,80)(H2,62,66,81)(H,69,77,82)(H,70,78,83)(H3,63,67,68,79)/t29?,31?,32?,33-,34-,35-,36-,37-,40-,41-,42-,44?,45?,46?,47?,52-,53-,105?,106?,107?,108?/m1/s1. The largest absolute Gasteiger partial charge is 0.394 e. The van der Waals surface area contributed by atoms with Crippen LogP contribution in [0.5, 0.6) is 0 Å². The SMILES string of the molecule is COC1C(OP(O)(=S)OC[C@H]2O[C@@H](n3cnc4c(=O)[nH]c(N)nc43)CC2OP(=O)(S)OC[C@H]2O[C@@H](n3cc(C)c(=O)[nH]c3=O)CC2OP(=S)(OCCOCCOCCN)OC[C@H]2O[C@@H](n3ccc(N)nc3=O)CC2C(C)C)[C@@H](COP(O)(=S)OC2C(OC)[C@H](n3cc(Br)c(=O)[nH]c3=O)O[C@@H]2CO)O[C@H]1n1ccc(N)nc1=O. The van der Waals surface area contributed by atoms with E-state index in [4.69, 9.17) is 142 Å². The summed E-state index contributed by atoms with van der Waals surface area (Å²) >= 11 is 24.8. The summed E-state index contributed by atoms with van der Waals surface area (Å²) in [7, 11) is 2.41. The number of nitrogens with one attached hydrogen (secondary N) is 3. The quantitative estimate of drug-likeness (QED) is 0.0136. The third-order valence-corrected chi connectivity index (χ3v) is 26.0. The third kappa shape index (κ3) is 21.3. The minimum Gasteiger partial charge on any atom is -0.394 e. The molecule has 0 bridgehead atoms. The minimum absolute atomic E-state index is 0.0196. The van der Waals surface area contributed by atoms with Crippen LogP contribution in [0.1, 0.15) is 69.8 Å². The van der Waals surface area contributed by atoms with Crippen LogP contribution in [-0.4, -0.2) is 227 Å². The predicted molar refractivity (Wildman–Crippen MR) is 408 cm³/mol. The van der Waals surface area contributed by atoms with Gasteiger partial charge in [-0.15, -0.1) is 0 Å². The Kier molecular flexibility index (Phi) is 29.6. The molecule has 5 saturated heterocycles. The van der Waals surface area contributed by atoms with Crippen LogP contribution in [-0.2, 0) is 123 Å². The molecule has 11 heterocycles. The second-order valence-electron chi connectivity index (χ2n) is 26.0. The Morgan fingerprint density at radius 1 is 0.607 bits per heavy atom. The Bertz CT molecular complexity index is 4970. The first kappa shape index (κ1) is 87.8. The number of nitrogens with two attached hydrogens (primary N) is 4. The molecule has 11 rings (SSSR count). The molecule has 0 saturated carbocycles. The van der Waals surface area contributed by atoms with Crippen molar-refractivity contribution in [3.8, 4) is 0 Å². The van der Waals surface area contributed by atoms with Gasteiger partial charge in [0.1, 0.15) is 85.3 Å². The monoisotopic (exact) mass is 1800 g/mol. The van der Waals surface area contributed by atoms with Gasteiger partial charge in [-0.25, -0.2) is 28.7 Å². The summed E-state index contributed by atoms with van der Waals surface area (Å²) < 4.78 is 130. The fourth-order valence-corrected chi connectivity index (χ4v) is 19.8. The molecule has 5 fully saturated rings. The summed E-state index contributed by atoms with van der Waals surface area (Å²) in [6.07, 6.45) is -14.9. The number of imidazole rings is 1. The zero-order valence-electron chi connectivity index (χ0n) is 60.0. The van der Waals surface area contributed by atoms with Gasteiger partial charge >= 0.3 is 49.7 Å². The summed E-state index contributed by atoms with van der Waals surface area (Å²) in [6, 6.07) is 2.73. The van der Waals surface area contributed by atoms with E-state index in [1.807, 2.05) is 13.8 Å². The third-order valence-electron chi connectivity index (χ3n) is 18.3. The number of aryl methyl sites for hydroxylation is 1. The number of nitrogens with zero attached hydrogens (tertiary/aromatic N) is 9. The lowest BCUT2D eigenvalue weighted by molar-refractivity contribution is -0.0634. The van der Waals surface area contributed by atoms with Gasteiger partial charge < -0.3 is 103 Å². The molecule has 0 aliphatic carbocycles. The summed E-state index contributed by atoms with van der Waals surface area (Å²) in [6.45, 7) is -15.4. The van der Waals surface area contributed by atoms with E-state index in [1.165, 1.54) is 67.3 Å². The van der Waals surface area contributed by atoms with Crippen molar-refractivity contribution in [1.82, 2.24) is 57.7 Å². The number of aliphatic hydroxyl groups is 1. The van der Waals surface area contributed by atoms with Gasteiger partial charge in [0.25, 0.3) is 16.7 Å². The lowest BCUT2D eigenvalue weighted by Gasteiger charge is -2.30. The normalized spacial score (nSPS) is 28.9. The fourth-order valence-electron chi connectivity index (χ4n) is 12.9. The number of halogens is 1. The first-order valence-corrected chi connectivity index (χ1v) is 45.4. The van der Waals surface area contributed by atoms with Crippen molar-refractivity contribution in [3.63, 3.8) is 0 Å². The number of anilines is 3. The van der Waals surface area contributed by atoms with E-state index in [0.29, 0.717) is 19.6 Å². The van der Waals surface area contributed by atoms with Crippen LogP contribution in [0, 0.1) is 18.8 Å². The van der Waals surface area contributed by atoms with Gasteiger partial charge in [0.05, 0.1) is 89.1 Å². The number of aromatic amines is 3. The highest BCUT2D eigenvalue weighted by Crippen LogP contribution is 2.60. The van der Waals surface area contributed by atoms with Crippen molar-refractivity contribution in [2.75, 3.05) is 104 Å². The molecule has 0 amide bonds. The van der Waals surface area contributed by atoms with E-state index < -0.39 is 191 Å². The number of thiol groups is 1. The highest BCUT2D eigenvalue weighted by atomic mass is 79.9. The van der Waals surface area contributed by atoms with E-state index >= 15 is 4.57 Å². The number of aromatic nitrogens is 12. The smallest absolute Gasteiger partial charge is 0.386 e. The van der Waals surface area contributed by atoms with Crippen LogP contribution in [0.3, 0.4) is 0 Å². The van der Waals surface area contributed by atoms with E-state index in [-0.39, 0.29) is 96.5 Å². The van der Waals surface area contributed by atoms with Crippen molar-refractivity contribution in [2.24, 2.45) is 17.6 Å². The van der Waals surface area contributed by atoms with E-state index in [2.05, 4.69) is 63.1 Å². The molecule has 620 valence electrons. The van der Waals surface area contributed by atoms with E-state index in [0.717, 1.165) is 19.9 Å². The number of hydrogen-bond acceptors (Lipinski definition) is 38. The summed E-state index contributed by atoms with van der Waals surface area (Å²) in [5.74, 6) is -0.690. The number of H-pyrrole nitrogens is 3. The number of hydrogen-bond donors (Lipinski definition) is 11. The van der Waals surface area contributed by atoms with Crippen molar-refractivity contribution in [2.45, 2.75) is 138 Å². The molecule has 14 N–H and O–H groups in total. The predicted octanol–water partition coefficient (Wildman–Crippen LogP) is -0.185. The van der Waals surface area contributed by atoms with Gasteiger partial charge in [-0.1, -0.05) is 26.1 Å². The number of rotatable bonds is 38. The first-order valence-electron chi connectivity index (χ1n) is 34.2. The second-order valence-corrected chi connectivity index (χ2v) is 38.3. The first-order chi connectivity index (χ1) is 53.1. The number of methoxy groups -OCH3 is 2. The maximum Gasteiger partial charge on any atom is 0.386 e. The van der Waals surface area contributed by atoms with Gasteiger partial charge in [0.2, 0.25) is 5.95 Å². The molecule has 54 heteroatoms. The van der Waals surface area contributed by atoms with Crippen molar-refractivity contribution in [3.05, 3.63) is 126 Å². The van der Waals surface area contributed by atoms with Crippen LogP contribution in [0.25, 0.3) is 11.2 Å². The average molecular weight is 1800 g/mol. The molecule has 21 atom stereocenters. The molecule has 11 unspecified atom stereocenters. The van der Waals surface area contributed by atoms with Crippen LogP contribution in [0.4, 0.5) is 17.6 Å². The number of aliphatic hydroxyl groups excluding tert-OH is 1. The van der Waals surface area contributed by atoms with Crippen LogP contribution < -0.4 is 62.4 Å². The van der Waals surface area contributed by atoms with E-state index in [9.17, 15) is 48.5 Å². The Labute approximate surface area is 662 Å². The molecule has 45 nitrogen and oxygen atoms in total. The number of ether oxygens (including phenoxy) is 9. The molecule has 6 aromatic heterocycles. The highest BCUT2D eigenvalue weighted by Gasteiger charge is 2.54. The molecular weight excluding hydrogens is 1720 g/mol. The molecule has 0 spiro atoms. The molecule has 0 radical (unpaired) electrons. The van der Waals surface area contributed by atoms with Gasteiger partial charge in [-0.3, -0.25) is 70.3 Å². The molecule has 5 aliphatic rings. The Morgan fingerprint density at radius 3 is 1.75 bits per heavy atom. The fraction of sp³-hybridized carbons (Fsp3) is 0.638. The lowest BCUT2D eigenvalue weighted by atomic mass is 9.89. The van der Waals surface area contributed by atoms with Gasteiger partial charge in [-0.05, 0) is 88.7 Å². The van der Waals surface area contributed by atoms with Crippen molar-refractivity contribution >= 4 is 119 Å². The molecular formula is C58H83BrN16O29P4S4. The number of nitrogen functional groups attached to an aromatic ring is 3. The summed E-state index contributed by atoms with van der Waals surface area (Å²) in [5, 5.41) is 10.4. The maximum atomic E-state index is 15.0. The molecule has 112 heavy (non-hydrogen) atoms. The Hall–Kier alpha value is -5.00. The van der Waals surface area contributed by atoms with Gasteiger partial charge in [0, 0.05) is 64.0 Å². The van der Waals surface area contributed by atoms with Crippen molar-refractivity contribution < 1.29 is 103 Å². The molecule has 0 aromatic carbocycles. The minimum atomic E-state index is -4.79. The lowest BCUT2D eigenvalue weighted by Crippen LogP contribution is -2.40. The van der Waals surface area contributed by atoms with E-state index in [1.54, 1.807) is 0 Å².